The summed E-state index contributed by atoms with van der Waals surface area (Å²) in [5.74, 6) is 0. The van der Waals surface area contributed by atoms with Gasteiger partial charge in [-0.25, -0.2) is 0 Å². The van der Waals surface area contributed by atoms with Gasteiger partial charge in [0, 0.05) is 5.54 Å². The van der Waals surface area contributed by atoms with Crippen LogP contribution in [0.4, 0.5) is 0 Å². The molecule has 0 saturated heterocycles. The molecule has 1 N–H and O–H groups in total. The Hall–Kier alpha value is 0.177. The maximum absolute atomic E-state index is 3.61. The highest BCUT2D eigenvalue weighted by atomic mass is 28.3. The molecule has 0 aromatic carbocycles. The molecule has 0 bridgehead atoms. The van der Waals surface area contributed by atoms with Gasteiger partial charge in [0.15, 0.2) is 0 Å². The van der Waals surface area contributed by atoms with Crippen LogP contribution in [-0.2, 0) is 0 Å². The van der Waals surface area contributed by atoms with Crippen molar-refractivity contribution in [3.05, 3.63) is 0 Å². The molecule has 0 saturated carbocycles. The summed E-state index contributed by atoms with van der Waals surface area (Å²) in [5, 5.41) is 0. The summed E-state index contributed by atoms with van der Waals surface area (Å²) in [7, 11) is -0.563. The highest BCUT2D eigenvalue weighted by Gasteiger charge is 2.14. The van der Waals surface area contributed by atoms with Crippen molar-refractivity contribution in [3.63, 3.8) is 0 Å². The Morgan fingerprint density at radius 2 is 1.78 bits per heavy atom. The number of hydrogen-bond acceptors (Lipinski definition) is 1. The lowest BCUT2D eigenvalue weighted by Gasteiger charge is -2.26. The molecule has 0 unspecified atom stereocenters. The monoisotopic (exact) mass is 145 g/mol. The molecule has 0 heterocycles. The SMILES string of the molecule is CCC(C)(C)N[SiH](C)C. The summed E-state index contributed by atoms with van der Waals surface area (Å²) >= 11 is 0. The summed E-state index contributed by atoms with van der Waals surface area (Å²) in [6.07, 6.45) is 1.22. The van der Waals surface area contributed by atoms with Crippen molar-refractivity contribution in [2.45, 2.75) is 45.8 Å². The Morgan fingerprint density at radius 3 is 1.89 bits per heavy atom. The van der Waals surface area contributed by atoms with E-state index in [-0.39, 0.29) is 0 Å². The summed E-state index contributed by atoms with van der Waals surface area (Å²) < 4.78 is 0. The predicted octanol–water partition coefficient (Wildman–Crippen LogP) is 1.75. The van der Waals surface area contributed by atoms with Crippen LogP contribution in [0.1, 0.15) is 27.2 Å². The normalized spacial score (nSPS) is 12.7. The molecule has 0 amide bonds. The molecule has 0 radical (unpaired) electrons. The van der Waals surface area contributed by atoms with Crippen molar-refractivity contribution in [1.29, 1.82) is 0 Å². The van der Waals surface area contributed by atoms with Crippen molar-refractivity contribution in [2.24, 2.45) is 0 Å². The Labute approximate surface area is 60.5 Å². The molecule has 0 aliphatic carbocycles. The van der Waals surface area contributed by atoms with Crippen LogP contribution in [0.15, 0.2) is 0 Å². The lowest BCUT2D eigenvalue weighted by atomic mass is 10.0. The second-order valence-electron chi connectivity index (χ2n) is 3.54. The molecule has 0 aromatic rings. The van der Waals surface area contributed by atoms with E-state index in [1.807, 2.05) is 0 Å². The largest absolute Gasteiger partial charge is 0.335 e. The van der Waals surface area contributed by atoms with Gasteiger partial charge >= 0.3 is 0 Å². The average molecular weight is 145 g/mol. The molecule has 56 valence electrons. The molecule has 0 fully saturated rings. The highest BCUT2D eigenvalue weighted by molar-refractivity contribution is 6.53. The Morgan fingerprint density at radius 1 is 1.33 bits per heavy atom. The average Bonchev–Trinajstić information content (AvgIpc) is 1.63. The molecule has 2 heteroatoms. The van der Waals surface area contributed by atoms with E-state index >= 15 is 0 Å². The van der Waals surface area contributed by atoms with Crippen molar-refractivity contribution in [2.75, 3.05) is 0 Å². The standard InChI is InChI=1S/C7H19NSi/c1-6-7(2,3)8-9(4)5/h8-9H,6H2,1-5H3. The summed E-state index contributed by atoms with van der Waals surface area (Å²) in [6.45, 7) is 11.4. The smallest absolute Gasteiger partial charge is 0.103 e. The maximum atomic E-state index is 3.61. The van der Waals surface area contributed by atoms with Crippen LogP contribution in [0, 0.1) is 0 Å². The molecule has 0 aliphatic heterocycles. The predicted molar refractivity (Wildman–Crippen MR) is 46.4 cm³/mol. The Balaban J connectivity index is 3.58. The topological polar surface area (TPSA) is 12.0 Å². The van der Waals surface area contributed by atoms with Crippen LogP contribution in [0.3, 0.4) is 0 Å². The lowest BCUT2D eigenvalue weighted by molar-refractivity contribution is 0.451. The zero-order valence-corrected chi connectivity index (χ0v) is 8.44. The second-order valence-corrected chi connectivity index (χ2v) is 6.13. The molecule has 0 atom stereocenters. The summed E-state index contributed by atoms with van der Waals surface area (Å²) in [4.78, 5) is 3.61. The van der Waals surface area contributed by atoms with Crippen molar-refractivity contribution >= 4 is 8.96 Å². The fourth-order valence-electron chi connectivity index (χ4n) is 0.884. The third-order valence-electron chi connectivity index (χ3n) is 1.56. The van der Waals surface area contributed by atoms with Crippen LogP contribution in [0.5, 0.6) is 0 Å². The van der Waals surface area contributed by atoms with Gasteiger partial charge in [0.2, 0.25) is 0 Å². The molecule has 0 rings (SSSR count). The first kappa shape index (κ1) is 9.18. The van der Waals surface area contributed by atoms with Crippen LogP contribution >= 0.6 is 0 Å². The molecule has 0 aliphatic rings. The van der Waals surface area contributed by atoms with Gasteiger partial charge < -0.3 is 4.98 Å². The van der Waals surface area contributed by atoms with Crippen molar-refractivity contribution in [1.82, 2.24) is 4.98 Å². The van der Waals surface area contributed by atoms with E-state index in [2.05, 4.69) is 38.8 Å². The van der Waals surface area contributed by atoms with Crippen LogP contribution in [0.2, 0.25) is 13.1 Å². The van der Waals surface area contributed by atoms with E-state index in [0.717, 1.165) is 0 Å². The van der Waals surface area contributed by atoms with Crippen molar-refractivity contribution in [3.8, 4) is 0 Å². The van der Waals surface area contributed by atoms with E-state index in [1.54, 1.807) is 0 Å². The Kier molecular flexibility index (Phi) is 3.44. The van der Waals surface area contributed by atoms with Gasteiger partial charge in [-0.1, -0.05) is 20.0 Å². The minimum Gasteiger partial charge on any atom is -0.335 e. The van der Waals surface area contributed by atoms with E-state index < -0.39 is 8.96 Å². The van der Waals surface area contributed by atoms with Crippen LogP contribution in [-0.4, -0.2) is 14.5 Å². The number of hydrogen-bond donors (Lipinski definition) is 1. The highest BCUT2D eigenvalue weighted by Crippen LogP contribution is 2.06. The first-order chi connectivity index (χ1) is 3.98. The summed E-state index contributed by atoms with van der Waals surface area (Å²) in [6, 6.07) is 0. The lowest BCUT2D eigenvalue weighted by Crippen LogP contribution is -2.45. The first-order valence-corrected chi connectivity index (χ1v) is 6.64. The van der Waals surface area contributed by atoms with Crippen LogP contribution in [0.25, 0.3) is 0 Å². The molecular weight excluding hydrogens is 126 g/mol. The van der Waals surface area contributed by atoms with Gasteiger partial charge in [0.1, 0.15) is 8.96 Å². The first-order valence-electron chi connectivity index (χ1n) is 3.75. The number of nitrogens with one attached hydrogen (secondary N) is 1. The Bertz CT molecular complexity index is 79.0. The van der Waals surface area contributed by atoms with Gasteiger partial charge in [0.05, 0.1) is 0 Å². The van der Waals surface area contributed by atoms with Gasteiger partial charge in [0.25, 0.3) is 0 Å². The minimum atomic E-state index is -0.563. The third kappa shape index (κ3) is 4.67. The van der Waals surface area contributed by atoms with Crippen molar-refractivity contribution < 1.29 is 0 Å². The van der Waals surface area contributed by atoms with E-state index in [4.69, 9.17) is 0 Å². The maximum Gasteiger partial charge on any atom is 0.103 e. The van der Waals surface area contributed by atoms with Gasteiger partial charge in [-0.3, -0.25) is 0 Å². The zero-order chi connectivity index (χ0) is 7.49. The summed E-state index contributed by atoms with van der Waals surface area (Å²) in [5.41, 5.74) is 0.375. The zero-order valence-electron chi connectivity index (χ0n) is 7.28. The fraction of sp³-hybridized carbons (Fsp3) is 1.00. The number of rotatable bonds is 3. The molecule has 9 heavy (non-hydrogen) atoms. The third-order valence-corrected chi connectivity index (χ3v) is 2.92. The molecule has 0 aromatic heterocycles. The van der Waals surface area contributed by atoms with Gasteiger partial charge in [-0.15, -0.1) is 0 Å². The fourth-order valence-corrected chi connectivity index (χ4v) is 2.65. The van der Waals surface area contributed by atoms with E-state index in [1.165, 1.54) is 6.42 Å². The second kappa shape index (κ2) is 3.37. The quantitative estimate of drug-likeness (QED) is 0.597. The van der Waals surface area contributed by atoms with E-state index in [9.17, 15) is 0 Å². The molecule has 1 nitrogen and oxygen atoms in total. The van der Waals surface area contributed by atoms with E-state index in [0.29, 0.717) is 5.54 Å². The van der Waals surface area contributed by atoms with Gasteiger partial charge in [-0.2, -0.15) is 0 Å². The minimum absolute atomic E-state index is 0.375. The molecular formula is C7H19NSi. The molecule has 0 spiro atoms. The van der Waals surface area contributed by atoms with Gasteiger partial charge in [-0.05, 0) is 20.3 Å². The van der Waals surface area contributed by atoms with Crippen LogP contribution < -0.4 is 4.98 Å².